The first kappa shape index (κ1) is 10.7. The van der Waals surface area contributed by atoms with E-state index in [2.05, 4.69) is 25.6 Å². The second kappa shape index (κ2) is 4.77. The van der Waals surface area contributed by atoms with Crippen LogP contribution in [-0.2, 0) is 0 Å². The van der Waals surface area contributed by atoms with Crippen LogP contribution in [0.1, 0.15) is 25.7 Å². The molecule has 2 nitrogen and oxygen atoms in total. The smallest absolute Gasteiger partial charge is 0.0641 e. The predicted octanol–water partition coefficient (Wildman–Crippen LogP) is 1.66. The Bertz CT molecular complexity index is 169. The zero-order valence-electron chi connectivity index (χ0n) is 8.79. The Hall–Kier alpha value is -0.340. The summed E-state index contributed by atoms with van der Waals surface area (Å²) >= 11 is 0. The molecule has 0 unspecified atom stereocenters. The van der Waals surface area contributed by atoms with Crippen molar-refractivity contribution in [2.75, 3.05) is 20.7 Å². The van der Waals surface area contributed by atoms with Crippen molar-refractivity contribution in [3.63, 3.8) is 0 Å². The first-order valence-corrected chi connectivity index (χ1v) is 5.10. The molecule has 1 N–H and O–H groups in total. The molecule has 0 saturated heterocycles. The van der Waals surface area contributed by atoms with E-state index < -0.39 is 0 Å². The molecular weight excluding hydrogens is 162 g/mol. The van der Waals surface area contributed by atoms with E-state index in [1.807, 2.05) is 0 Å². The third-order valence-corrected chi connectivity index (χ3v) is 3.21. The van der Waals surface area contributed by atoms with E-state index in [9.17, 15) is 0 Å². The lowest BCUT2D eigenvalue weighted by Gasteiger charge is -2.33. The summed E-state index contributed by atoms with van der Waals surface area (Å²) in [7, 11) is 4.29. The Morgan fingerprint density at radius 1 is 1.31 bits per heavy atom. The van der Waals surface area contributed by atoms with Gasteiger partial charge >= 0.3 is 0 Å². The van der Waals surface area contributed by atoms with Gasteiger partial charge in [0.25, 0.3) is 0 Å². The van der Waals surface area contributed by atoms with Gasteiger partial charge in [-0.25, -0.2) is 0 Å². The molecule has 1 rings (SSSR count). The van der Waals surface area contributed by atoms with Gasteiger partial charge in [-0.3, -0.25) is 0 Å². The van der Waals surface area contributed by atoms with Gasteiger partial charge in [-0.15, -0.1) is 0 Å². The highest BCUT2D eigenvalue weighted by Crippen LogP contribution is 2.30. The lowest BCUT2D eigenvalue weighted by atomic mass is 9.82. The second-order valence-electron chi connectivity index (χ2n) is 4.29. The van der Waals surface area contributed by atoms with E-state index in [0.29, 0.717) is 5.92 Å². The minimum absolute atomic E-state index is 0.164. The number of rotatable bonds is 3. The SMILES string of the molecule is C=C(CO)C1CCC(N(C)C)CC1. The van der Waals surface area contributed by atoms with Gasteiger partial charge in [0.1, 0.15) is 0 Å². The van der Waals surface area contributed by atoms with Crippen molar-refractivity contribution in [2.24, 2.45) is 5.92 Å². The van der Waals surface area contributed by atoms with E-state index in [-0.39, 0.29) is 6.61 Å². The Kier molecular flexibility index (Phi) is 3.94. The summed E-state index contributed by atoms with van der Waals surface area (Å²) in [5.41, 5.74) is 1.03. The minimum atomic E-state index is 0.164. The third kappa shape index (κ3) is 2.82. The quantitative estimate of drug-likeness (QED) is 0.673. The second-order valence-corrected chi connectivity index (χ2v) is 4.29. The minimum Gasteiger partial charge on any atom is -0.392 e. The molecule has 13 heavy (non-hydrogen) atoms. The van der Waals surface area contributed by atoms with Crippen molar-refractivity contribution < 1.29 is 5.11 Å². The Morgan fingerprint density at radius 3 is 2.23 bits per heavy atom. The molecule has 0 heterocycles. The molecule has 0 aliphatic heterocycles. The average Bonchev–Trinajstić information content (AvgIpc) is 2.17. The van der Waals surface area contributed by atoms with Gasteiger partial charge in [0.2, 0.25) is 0 Å². The lowest BCUT2D eigenvalue weighted by molar-refractivity contribution is 0.197. The summed E-state index contributed by atoms with van der Waals surface area (Å²) in [4.78, 5) is 2.30. The van der Waals surface area contributed by atoms with E-state index in [0.717, 1.165) is 11.6 Å². The van der Waals surface area contributed by atoms with Crippen molar-refractivity contribution in [3.8, 4) is 0 Å². The molecule has 1 saturated carbocycles. The Morgan fingerprint density at radius 2 is 1.85 bits per heavy atom. The van der Waals surface area contributed by atoms with Crippen LogP contribution in [-0.4, -0.2) is 36.8 Å². The van der Waals surface area contributed by atoms with Crippen molar-refractivity contribution in [1.82, 2.24) is 4.90 Å². The highest BCUT2D eigenvalue weighted by atomic mass is 16.3. The van der Waals surface area contributed by atoms with Crippen LogP contribution < -0.4 is 0 Å². The van der Waals surface area contributed by atoms with E-state index >= 15 is 0 Å². The molecule has 0 aromatic rings. The number of hydrogen-bond donors (Lipinski definition) is 1. The van der Waals surface area contributed by atoms with Crippen LogP contribution in [0.25, 0.3) is 0 Å². The summed E-state index contributed by atoms with van der Waals surface area (Å²) in [5, 5.41) is 8.95. The van der Waals surface area contributed by atoms with Crippen LogP contribution >= 0.6 is 0 Å². The van der Waals surface area contributed by atoms with Gasteiger partial charge < -0.3 is 10.0 Å². The van der Waals surface area contributed by atoms with Crippen LogP contribution in [0.5, 0.6) is 0 Å². The molecule has 1 aliphatic rings. The zero-order chi connectivity index (χ0) is 9.84. The molecule has 1 fully saturated rings. The van der Waals surface area contributed by atoms with Crippen LogP contribution in [0.15, 0.2) is 12.2 Å². The Labute approximate surface area is 81.2 Å². The molecule has 0 aromatic carbocycles. The highest BCUT2D eigenvalue weighted by molar-refractivity contribution is 5.02. The monoisotopic (exact) mass is 183 g/mol. The van der Waals surface area contributed by atoms with Crippen LogP contribution in [0.4, 0.5) is 0 Å². The van der Waals surface area contributed by atoms with Gasteiger partial charge in [0.15, 0.2) is 0 Å². The fraction of sp³-hybridized carbons (Fsp3) is 0.818. The maximum absolute atomic E-state index is 8.95. The van der Waals surface area contributed by atoms with E-state index in [1.165, 1.54) is 25.7 Å². The maximum atomic E-state index is 8.95. The zero-order valence-corrected chi connectivity index (χ0v) is 8.79. The summed E-state index contributed by atoms with van der Waals surface area (Å²) < 4.78 is 0. The van der Waals surface area contributed by atoms with Gasteiger partial charge in [-0.1, -0.05) is 6.58 Å². The number of nitrogens with zero attached hydrogens (tertiary/aromatic N) is 1. The van der Waals surface area contributed by atoms with Crippen molar-refractivity contribution in [3.05, 3.63) is 12.2 Å². The average molecular weight is 183 g/mol. The molecule has 0 bridgehead atoms. The largest absolute Gasteiger partial charge is 0.392 e. The standard InChI is InChI=1S/C11H21NO/c1-9(8-13)10-4-6-11(7-5-10)12(2)3/h10-11,13H,1,4-8H2,2-3H3. The first-order valence-electron chi connectivity index (χ1n) is 5.10. The van der Waals surface area contributed by atoms with E-state index in [4.69, 9.17) is 5.11 Å². The van der Waals surface area contributed by atoms with Gasteiger partial charge in [0, 0.05) is 6.04 Å². The highest BCUT2D eigenvalue weighted by Gasteiger charge is 2.23. The summed E-state index contributed by atoms with van der Waals surface area (Å²) in [6, 6.07) is 0.739. The van der Waals surface area contributed by atoms with Crippen molar-refractivity contribution in [1.29, 1.82) is 0 Å². The fourth-order valence-electron chi connectivity index (χ4n) is 2.13. The topological polar surface area (TPSA) is 23.5 Å². The fourth-order valence-corrected chi connectivity index (χ4v) is 2.13. The molecular formula is C11H21NO. The van der Waals surface area contributed by atoms with Crippen LogP contribution in [0.2, 0.25) is 0 Å². The third-order valence-electron chi connectivity index (χ3n) is 3.21. The summed E-state index contributed by atoms with van der Waals surface area (Å²) in [6.45, 7) is 4.07. The molecule has 0 atom stereocenters. The van der Waals surface area contributed by atoms with Crippen LogP contribution in [0.3, 0.4) is 0 Å². The maximum Gasteiger partial charge on any atom is 0.0641 e. The molecule has 76 valence electrons. The molecule has 0 amide bonds. The van der Waals surface area contributed by atoms with E-state index in [1.54, 1.807) is 0 Å². The number of hydrogen-bond acceptors (Lipinski definition) is 2. The van der Waals surface area contributed by atoms with Gasteiger partial charge in [-0.05, 0) is 51.3 Å². The normalized spacial score (nSPS) is 29.2. The lowest BCUT2D eigenvalue weighted by Crippen LogP contribution is -2.32. The molecule has 0 spiro atoms. The van der Waals surface area contributed by atoms with Crippen LogP contribution in [0, 0.1) is 5.92 Å². The van der Waals surface area contributed by atoms with Crippen molar-refractivity contribution in [2.45, 2.75) is 31.7 Å². The van der Waals surface area contributed by atoms with Crippen molar-refractivity contribution >= 4 is 0 Å². The Balaban J connectivity index is 2.34. The number of aliphatic hydroxyl groups excluding tert-OH is 1. The first-order chi connectivity index (χ1) is 6.15. The summed E-state index contributed by atoms with van der Waals surface area (Å²) in [5.74, 6) is 0.571. The summed E-state index contributed by atoms with van der Waals surface area (Å²) in [6.07, 6.45) is 4.89. The molecule has 1 aliphatic carbocycles. The number of aliphatic hydroxyl groups is 1. The predicted molar refractivity (Wildman–Crippen MR) is 55.7 cm³/mol. The molecule has 2 heteroatoms. The van der Waals surface area contributed by atoms with Gasteiger partial charge in [-0.2, -0.15) is 0 Å². The molecule has 0 radical (unpaired) electrons. The molecule has 0 aromatic heterocycles. The van der Waals surface area contributed by atoms with Gasteiger partial charge in [0.05, 0.1) is 6.61 Å².